The van der Waals surface area contributed by atoms with Gasteiger partial charge in [0.25, 0.3) is 11.8 Å². The molecule has 0 N–H and O–H groups in total. The topological polar surface area (TPSA) is 50.3 Å². The molecule has 0 bridgehead atoms. The van der Waals surface area contributed by atoms with Crippen molar-refractivity contribution in [3.63, 3.8) is 0 Å². The van der Waals surface area contributed by atoms with Crippen molar-refractivity contribution < 1.29 is 9.59 Å². The smallest absolute Gasteiger partial charge is 0.262 e. The van der Waals surface area contributed by atoms with Crippen molar-refractivity contribution in [1.29, 1.82) is 0 Å². The van der Waals surface area contributed by atoms with Gasteiger partial charge in [0.1, 0.15) is 5.01 Å². The average molecular weight is 336 g/mol. The van der Waals surface area contributed by atoms with Crippen LogP contribution in [-0.2, 0) is 0 Å². The molecule has 2 amide bonds. The molecule has 0 saturated carbocycles. The molecule has 24 heavy (non-hydrogen) atoms. The fourth-order valence-corrected chi connectivity index (χ4v) is 3.94. The van der Waals surface area contributed by atoms with Crippen LogP contribution in [-0.4, -0.2) is 27.2 Å². The van der Waals surface area contributed by atoms with Gasteiger partial charge in [0.15, 0.2) is 0 Å². The number of hydrogen-bond donors (Lipinski definition) is 0. The molecule has 5 heteroatoms. The fraction of sp³-hybridized carbons (Fsp3) is 0.211. The first-order chi connectivity index (χ1) is 11.4. The summed E-state index contributed by atoms with van der Waals surface area (Å²) in [5.41, 5.74) is 2.21. The number of carbonyl (C=O) groups excluding carboxylic acids is 2. The summed E-state index contributed by atoms with van der Waals surface area (Å²) in [7, 11) is 0. The van der Waals surface area contributed by atoms with Crippen LogP contribution in [0.5, 0.6) is 0 Å². The zero-order valence-corrected chi connectivity index (χ0v) is 14.5. The molecule has 1 aromatic heterocycles. The number of imide groups is 1. The number of para-hydroxylation sites is 1. The summed E-state index contributed by atoms with van der Waals surface area (Å²) in [5, 5.41) is 0.855. The summed E-state index contributed by atoms with van der Waals surface area (Å²) in [6.45, 7) is 5.59. The van der Waals surface area contributed by atoms with Gasteiger partial charge in [-0.1, -0.05) is 18.2 Å². The highest BCUT2D eigenvalue weighted by Crippen LogP contribution is 2.35. The lowest BCUT2D eigenvalue weighted by atomic mass is 10.1. The summed E-state index contributed by atoms with van der Waals surface area (Å²) >= 11 is 1.58. The maximum Gasteiger partial charge on any atom is 0.262 e. The Morgan fingerprint density at radius 2 is 1.67 bits per heavy atom. The Morgan fingerprint density at radius 1 is 0.958 bits per heavy atom. The molecule has 1 aliphatic heterocycles. The minimum Gasteiger partial charge on any atom is -0.269 e. The highest BCUT2D eigenvalue weighted by Gasteiger charge is 2.41. The van der Waals surface area contributed by atoms with Crippen LogP contribution in [0.1, 0.15) is 41.5 Å². The number of fused-ring (bicyclic) bond motifs is 2. The number of nitrogens with zero attached hydrogens (tertiary/aromatic N) is 2. The minimum atomic E-state index is -0.538. The molecule has 4 nitrogen and oxygen atoms in total. The molecule has 2 aromatic carbocycles. The lowest BCUT2D eigenvalue weighted by Gasteiger charge is -2.29. The van der Waals surface area contributed by atoms with Gasteiger partial charge in [-0.25, -0.2) is 4.98 Å². The van der Waals surface area contributed by atoms with Crippen molar-refractivity contribution in [2.45, 2.75) is 26.3 Å². The van der Waals surface area contributed by atoms with E-state index in [1.165, 1.54) is 4.90 Å². The van der Waals surface area contributed by atoms with Gasteiger partial charge in [0, 0.05) is 11.1 Å². The van der Waals surface area contributed by atoms with Gasteiger partial charge in [-0.15, -0.1) is 11.3 Å². The van der Waals surface area contributed by atoms with E-state index in [-0.39, 0.29) is 11.8 Å². The normalized spacial score (nSPS) is 14.5. The Hall–Kier alpha value is -2.53. The number of thiazole rings is 1. The van der Waals surface area contributed by atoms with Crippen LogP contribution in [0, 0.1) is 0 Å². The van der Waals surface area contributed by atoms with Crippen molar-refractivity contribution in [3.05, 3.63) is 53.6 Å². The SMILES string of the molecule is CC(C)(C)N1C(=O)c2ccc(-c3nc4ccccc4s3)cc2C1=O. The number of amides is 2. The van der Waals surface area contributed by atoms with E-state index < -0.39 is 5.54 Å². The lowest BCUT2D eigenvalue weighted by Crippen LogP contribution is -2.45. The second kappa shape index (κ2) is 4.98. The third-order valence-electron chi connectivity index (χ3n) is 4.10. The Balaban J connectivity index is 1.82. The number of benzene rings is 2. The van der Waals surface area contributed by atoms with Gasteiger partial charge in [0.2, 0.25) is 0 Å². The third-order valence-corrected chi connectivity index (χ3v) is 5.18. The molecule has 4 rings (SSSR count). The second-order valence-electron chi connectivity index (χ2n) is 6.86. The fourth-order valence-electron chi connectivity index (χ4n) is 2.98. The molecular weight excluding hydrogens is 320 g/mol. The van der Waals surface area contributed by atoms with Crippen LogP contribution in [0.25, 0.3) is 20.8 Å². The molecule has 0 spiro atoms. The third kappa shape index (κ3) is 2.16. The van der Waals surface area contributed by atoms with Gasteiger partial charge >= 0.3 is 0 Å². The molecule has 0 atom stereocenters. The van der Waals surface area contributed by atoms with Crippen molar-refractivity contribution in [2.24, 2.45) is 0 Å². The average Bonchev–Trinajstić information content (AvgIpc) is 3.06. The molecule has 0 saturated heterocycles. The molecule has 0 radical (unpaired) electrons. The van der Waals surface area contributed by atoms with E-state index in [2.05, 4.69) is 4.98 Å². The van der Waals surface area contributed by atoms with E-state index in [0.29, 0.717) is 11.1 Å². The van der Waals surface area contributed by atoms with E-state index in [9.17, 15) is 9.59 Å². The minimum absolute atomic E-state index is 0.224. The molecule has 120 valence electrons. The number of carbonyl (C=O) groups is 2. The Morgan fingerprint density at radius 3 is 2.38 bits per heavy atom. The molecule has 0 unspecified atom stereocenters. The van der Waals surface area contributed by atoms with Crippen LogP contribution in [0.3, 0.4) is 0 Å². The van der Waals surface area contributed by atoms with Crippen LogP contribution in [0.15, 0.2) is 42.5 Å². The van der Waals surface area contributed by atoms with Crippen molar-refractivity contribution in [3.8, 4) is 10.6 Å². The first-order valence-corrected chi connectivity index (χ1v) is 8.57. The molecule has 3 aromatic rings. The second-order valence-corrected chi connectivity index (χ2v) is 7.89. The predicted octanol–water partition coefficient (Wildman–Crippen LogP) is 4.36. The maximum atomic E-state index is 12.7. The summed E-state index contributed by atoms with van der Waals surface area (Å²) in [6, 6.07) is 13.3. The molecule has 0 fully saturated rings. The highest BCUT2D eigenvalue weighted by atomic mass is 32.1. The monoisotopic (exact) mass is 336 g/mol. The Labute approximate surface area is 143 Å². The van der Waals surface area contributed by atoms with Crippen LogP contribution >= 0.6 is 11.3 Å². The van der Waals surface area contributed by atoms with Gasteiger partial charge in [0.05, 0.1) is 21.3 Å². The number of rotatable bonds is 1. The number of hydrogen-bond acceptors (Lipinski definition) is 4. The molecule has 1 aliphatic rings. The molecular formula is C19H16N2O2S. The maximum absolute atomic E-state index is 12.7. The predicted molar refractivity (Wildman–Crippen MR) is 95.3 cm³/mol. The summed E-state index contributed by atoms with van der Waals surface area (Å²) in [5.74, 6) is -0.455. The van der Waals surface area contributed by atoms with E-state index in [1.807, 2.05) is 51.1 Å². The van der Waals surface area contributed by atoms with Crippen molar-refractivity contribution in [1.82, 2.24) is 9.88 Å². The largest absolute Gasteiger partial charge is 0.269 e. The highest BCUT2D eigenvalue weighted by molar-refractivity contribution is 7.21. The summed E-state index contributed by atoms with van der Waals surface area (Å²) in [4.78, 5) is 31.2. The van der Waals surface area contributed by atoms with Crippen LogP contribution in [0.2, 0.25) is 0 Å². The van der Waals surface area contributed by atoms with E-state index in [1.54, 1.807) is 23.5 Å². The standard InChI is InChI=1S/C19H16N2O2S/c1-19(2,3)21-17(22)12-9-8-11(10-13(12)18(21)23)16-20-14-6-4-5-7-15(14)24-16/h4-10H,1-3H3. The van der Waals surface area contributed by atoms with E-state index in [0.717, 1.165) is 20.8 Å². The van der Waals surface area contributed by atoms with E-state index >= 15 is 0 Å². The van der Waals surface area contributed by atoms with Gasteiger partial charge < -0.3 is 0 Å². The molecule has 2 heterocycles. The summed E-state index contributed by atoms with van der Waals surface area (Å²) < 4.78 is 1.10. The van der Waals surface area contributed by atoms with Gasteiger partial charge in [-0.3, -0.25) is 14.5 Å². The Bertz CT molecular complexity index is 965. The van der Waals surface area contributed by atoms with Crippen LogP contribution in [0.4, 0.5) is 0 Å². The van der Waals surface area contributed by atoms with E-state index in [4.69, 9.17) is 0 Å². The first-order valence-electron chi connectivity index (χ1n) is 7.75. The summed E-state index contributed by atoms with van der Waals surface area (Å²) in [6.07, 6.45) is 0. The zero-order valence-electron chi connectivity index (χ0n) is 13.7. The lowest BCUT2D eigenvalue weighted by molar-refractivity contribution is 0.0508. The zero-order chi connectivity index (χ0) is 17.1. The number of aromatic nitrogens is 1. The quantitative estimate of drug-likeness (QED) is 0.621. The van der Waals surface area contributed by atoms with Gasteiger partial charge in [-0.2, -0.15) is 0 Å². The van der Waals surface area contributed by atoms with Crippen molar-refractivity contribution >= 4 is 33.4 Å². The van der Waals surface area contributed by atoms with Crippen molar-refractivity contribution in [2.75, 3.05) is 0 Å². The first kappa shape index (κ1) is 15.0. The van der Waals surface area contributed by atoms with Gasteiger partial charge in [-0.05, 0) is 45.0 Å². The Kier molecular flexibility index (Phi) is 3.12. The molecule has 0 aliphatic carbocycles. The van der Waals surface area contributed by atoms with Crippen LogP contribution < -0.4 is 0 Å².